The Morgan fingerprint density at radius 2 is 1.60 bits per heavy atom. The molecular formula is C18H21NO. The molecule has 20 heavy (non-hydrogen) atoms. The van der Waals surface area contributed by atoms with Crippen molar-refractivity contribution >= 4 is 0 Å². The summed E-state index contributed by atoms with van der Waals surface area (Å²) in [5.74, 6) is 0. The van der Waals surface area contributed by atoms with Crippen molar-refractivity contribution in [1.29, 1.82) is 0 Å². The quantitative estimate of drug-likeness (QED) is 0.892. The molecule has 2 aromatic carbocycles. The molecule has 0 aromatic heterocycles. The van der Waals surface area contributed by atoms with Crippen LogP contribution < -0.4 is 5.32 Å². The van der Waals surface area contributed by atoms with Crippen molar-refractivity contribution in [3.8, 4) is 0 Å². The van der Waals surface area contributed by atoms with Gasteiger partial charge < -0.3 is 10.4 Å². The highest BCUT2D eigenvalue weighted by atomic mass is 16.3. The fourth-order valence-electron chi connectivity index (χ4n) is 3.04. The van der Waals surface area contributed by atoms with E-state index >= 15 is 0 Å². The van der Waals surface area contributed by atoms with Gasteiger partial charge in [-0.1, -0.05) is 60.7 Å². The molecular weight excluding hydrogens is 246 g/mol. The van der Waals surface area contributed by atoms with Crippen LogP contribution in [-0.4, -0.2) is 17.2 Å². The predicted molar refractivity (Wildman–Crippen MR) is 81.5 cm³/mol. The van der Waals surface area contributed by atoms with Crippen molar-refractivity contribution in [2.24, 2.45) is 0 Å². The molecule has 0 bridgehead atoms. The Morgan fingerprint density at radius 1 is 0.950 bits per heavy atom. The Hall–Kier alpha value is -1.64. The second kappa shape index (κ2) is 6.21. The molecule has 3 rings (SSSR count). The number of rotatable bonds is 4. The molecule has 0 spiro atoms. The van der Waals surface area contributed by atoms with E-state index in [0.717, 1.165) is 24.8 Å². The van der Waals surface area contributed by atoms with E-state index in [-0.39, 0.29) is 6.04 Å². The molecule has 1 aliphatic rings. The molecule has 2 aromatic rings. The summed E-state index contributed by atoms with van der Waals surface area (Å²) in [4.78, 5) is 0. The second-order valence-electron chi connectivity index (χ2n) is 5.59. The van der Waals surface area contributed by atoms with Crippen molar-refractivity contribution in [1.82, 2.24) is 5.32 Å². The summed E-state index contributed by atoms with van der Waals surface area (Å²) in [5, 5.41) is 14.0. The highest BCUT2D eigenvalue weighted by Gasteiger charge is 2.29. The lowest BCUT2D eigenvalue weighted by Gasteiger charge is -2.20. The number of hydrogen-bond donors (Lipinski definition) is 2. The lowest BCUT2D eigenvalue weighted by molar-refractivity contribution is 0.135. The van der Waals surface area contributed by atoms with Crippen LogP contribution in [0, 0.1) is 0 Å². The number of benzene rings is 2. The smallest absolute Gasteiger partial charge is 0.0943 e. The van der Waals surface area contributed by atoms with Crippen LogP contribution in [-0.2, 0) is 6.42 Å². The van der Waals surface area contributed by atoms with Crippen LogP contribution >= 0.6 is 0 Å². The number of nitrogens with one attached hydrogen (secondary N) is 1. The Labute approximate surface area is 120 Å². The normalized spacial score (nSPS) is 23.6. The zero-order valence-electron chi connectivity index (χ0n) is 11.6. The molecule has 2 N–H and O–H groups in total. The number of hydrogen-bond acceptors (Lipinski definition) is 2. The van der Waals surface area contributed by atoms with E-state index in [1.807, 2.05) is 36.4 Å². The standard InChI is InChI=1S/C18H21NO/c20-18(15-9-5-2-6-10-15)17-12-11-16(19-17)13-14-7-3-1-4-8-14/h1-10,16-20H,11-13H2/t16-,17+,18+/m0/s1. The second-order valence-corrected chi connectivity index (χ2v) is 5.59. The van der Waals surface area contributed by atoms with Crippen molar-refractivity contribution < 1.29 is 5.11 Å². The van der Waals surface area contributed by atoms with Gasteiger partial charge >= 0.3 is 0 Å². The molecule has 0 saturated carbocycles. The van der Waals surface area contributed by atoms with Crippen LogP contribution in [0.25, 0.3) is 0 Å². The maximum atomic E-state index is 10.4. The van der Waals surface area contributed by atoms with E-state index in [4.69, 9.17) is 0 Å². The minimum absolute atomic E-state index is 0.172. The van der Waals surface area contributed by atoms with Gasteiger partial charge in [0.1, 0.15) is 0 Å². The first-order chi connectivity index (χ1) is 9.83. The maximum Gasteiger partial charge on any atom is 0.0943 e. The molecule has 1 saturated heterocycles. The van der Waals surface area contributed by atoms with Gasteiger partial charge in [-0.15, -0.1) is 0 Å². The zero-order valence-corrected chi connectivity index (χ0v) is 11.6. The van der Waals surface area contributed by atoms with Gasteiger partial charge in [-0.05, 0) is 30.4 Å². The molecule has 2 nitrogen and oxygen atoms in total. The summed E-state index contributed by atoms with van der Waals surface area (Å²) in [5.41, 5.74) is 2.37. The molecule has 0 unspecified atom stereocenters. The molecule has 3 atom stereocenters. The van der Waals surface area contributed by atoms with Crippen molar-refractivity contribution in [2.45, 2.75) is 37.5 Å². The first kappa shape index (κ1) is 13.3. The van der Waals surface area contributed by atoms with Crippen molar-refractivity contribution in [3.05, 3.63) is 71.8 Å². The van der Waals surface area contributed by atoms with Crippen molar-refractivity contribution in [3.63, 3.8) is 0 Å². The van der Waals surface area contributed by atoms with E-state index < -0.39 is 6.10 Å². The van der Waals surface area contributed by atoms with E-state index in [0.29, 0.717) is 6.04 Å². The van der Waals surface area contributed by atoms with E-state index in [1.54, 1.807) is 0 Å². The third kappa shape index (κ3) is 3.09. The van der Waals surface area contributed by atoms with Gasteiger partial charge in [0, 0.05) is 12.1 Å². The van der Waals surface area contributed by atoms with Crippen LogP contribution in [0.5, 0.6) is 0 Å². The van der Waals surface area contributed by atoms with Gasteiger partial charge in [-0.3, -0.25) is 0 Å². The summed E-state index contributed by atoms with van der Waals surface area (Å²) in [6.07, 6.45) is 2.80. The summed E-state index contributed by atoms with van der Waals surface area (Å²) in [6.45, 7) is 0. The van der Waals surface area contributed by atoms with Gasteiger partial charge in [-0.2, -0.15) is 0 Å². The Balaban J connectivity index is 1.59. The molecule has 0 radical (unpaired) electrons. The van der Waals surface area contributed by atoms with Crippen LogP contribution in [0.15, 0.2) is 60.7 Å². The Morgan fingerprint density at radius 3 is 2.30 bits per heavy atom. The minimum atomic E-state index is -0.406. The maximum absolute atomic E-state index is 10.4. The topological polar surface area (TPSA) is 32.3 Å². The highest BCUT2D eigenvalue weighted by Crippen LogP contribution is 2.26. The van der Waals surface area contributed by atoms with E-state index in [9.17, 15) is 5.11 Å². The molecule has 1 fully saturated rings. The fourth-order valence-corrected chi connectivity index (χ4v) is 3.04. The van der Waals surface area contributed by atoms with Crippen LogP contribution in [0.4, 0.5) is 0 Å². The highest BCUT2D eigenvalue weighted by molar-refractivity contribution is 5.20. The molecule has 2 heteroatoms. The molecule has 1 aliphatic heterocycles. The van der Waals surface area contributed by atoms with Crippen LogP contribution in [0.3, 0.4) is 0 Å². The average Bonchev–Trinajstić information content (AvgIpc) is 2.97. The molecule has 0 aliphatic carbocycles. The summed E-state index contributed by atoms with van der Waals surface area (Å²) in [7, 11) is 0. The fraction of sp³-hybridized carbons (Fsp3) is 0.333. The van der Waals surface area contributed by atoms with Gasteiger partial charge in [0.2, 0.25) is 0 Å². The summed E-state index contributed by atoms with van der Waals surface area (Å²) < 4.78 is 0. The van der Waals surface area contributed by atoms with Gasteiger partial charge in [0.15, 0.2) is 0 Å². The summed E-state index contributed by atoms with van der Waals surface area (Å²) in [6, 6.07) is 21.1. The first-order valence-corrected chi connectivity index (χ1v) is 7.36. The number of aliphatic hydroxyl groups is 1. The largest absolute Gasteiger partial charge is 0.387 e. The molecule has 104 valence electrons. The summed E-state index contributed by atoms with van der Waals surface area (Å²) >= 11 is 0. The third-order valence-corrected chi connectivity index (χ3v) is 4.12. The first-order valence-electron chi connectivity index (χ1n) is 7.36. The third-order valence-electron chi connectivity index (χ3n) is 4.12. The van der Waals surface area contributed by atoms with Gasteiger partial charge in [0.25, 0.3) is 0 Å². The van der Waals surface area contributed by atoms with Gasteiger partial charge in [0.05, 0.1) is 6.10 Å². The zero-order chi connectivity index (χ0) is 13.8. The lowest BCUT2D eigenvalue weighted by Crippen LogP contribution is -2.35. The minimum Gasteiger partial charge on any atom is -0.387 e. The average molecular weight is 267 g/mol. The Kier molecular flexibility index (Phi) is 4.14. The SMILES string of the molecule is O[C@H](c1ccccc1)[C@H]1CC[C@@H](Cc2ccccc2)N1. The Bertz CT molecular complexity index is 526. The molecule has 0 amide bonds. The van der Waals surface area contributed by atoms with Crippen LogP contribution in [0.1, 0.15) is 30.1 Å². The van der Waals surface area contributed by atoms with Gasteiger partial charge in [-0.25, -0.2) is 0 Å². The number of aliphatic hydroxyl groups excluding tert-OH is 1. The molecule has 1 heterocycles. The van der Waals surface area contributed by atoms with E-state index in [2.05, 4.69) is 29.6 Å². The predicted octanol–water partition coefficient (Wildman–Crippen LogP) is 3.08. The lowest BCUT2D eigenvalue weighted by atomic mass is 10.0. The monoisotopic (exact) mass is 267 g/mol. The van der Waals surface area contributed by atoms with Crippen LogP contribution in [0.2, 0.25) is 0 Å². The van der Waals surface area contributed by atoms with Crippen molar-refractivity contribution in [2.75, 3.05) is 0 Å². The van der Waals surface area contributed by atoms with E-state index in [1.165, 1.54) is 5.56 Å².